The number of rotatable bonds is 6. The maximum atomic E-state index is 12.9. The number of nitrogens with zero attached hydrogens (tertiary/aromatic N) is 1. The Kier molecular flexibility index (Phi) is 7.24. The Bertz CT molecular complexity index is 1150. The number of hydrazine groups is 1. The third kappa shape index (κ3) is 6.53. The van der Waals surface area contributed by atoms with Crippen LogP contribution in [0.2, 0.25) is 0 Å². The van der Waals surface area contributed by atoms with E-state index in [1.54, 1.807) is 30.3 Å². The van der Waals surface area contributed by atoms with Crippen LogP contribution >= 0.6 is 0 Å². The van der Waals surface area contributed by atoms with Crippen molar-refractivity contribution in [2.24, 2.45) is 0 Å². The van der Waals surface area contributed by atoms with Crippen molar-refractivity contribution in [2.75, 3.05) is 11.9 Å². The minimum Gasteiger partial charge on any atom is -0.452 e. The van der Waals surface area contributed by atoms with Crippen molar-refractivity contribution in [1.29, 1.82) is 0 Å². The van der Waals surface area contributed by atoms with Gasteiger partial charge in [0.1, 0.15) is 11.4 Å². The lowest BCUT2D eigenvalue weighted by atomic mass is 10.2. The molecule has 0 aliphatic heterocycles. The van der Waals surface area contributed by atoms with E-state index in [1.165, 1.54) is 30.5 Å². The Morgan fingerprint density at radius 3 is 2.39 bits per heavy atom. The van der Waals surface area contributed by atoms with Gasteiger partial charge in [0, 0.05) is 17.4 Å². The van der Waals surface area contributed by atoms with Crippen LogP contribution in [0.1, 0.15) is 26.3 Å². The number of ether oxygens (including phenoxy) is 1. The Morgan fingerprint density at radius 1 is 0.909 bits per heavy atom. The summed E-state index contributed by atoms with van der Waals surface area (Å²) in [6, 6.07) is 15.2. The predicted molar refractivity (Wildman–Crippen MR) is 111 cm³/mol. The molecule has 11 heteroatoms. The molecular formula is C22H17F3N4O4. The fraction of sp³-hybridized carbons (Fsp3) is 0.0909. The Balaban J connectivity index is 1.59. The summed E-state index contributed by atoms with van der Waals surface area (Å²) in [5, 5.41) is 2.64. The number of carbonyl (C=O) groups excluding carboxylic acids is 3. The van der Waals surface area contributed by atoms with Crippen molar-refractivity contribution in [1.82, 2.24) is 15.8 Å². The molecule has 0 aliphatic rings. The molecule has 33 heavy (non-hydrogen) atoms. The first-order valence-electron chi connectivity index (χ1n) is 9.44. The number of hydrogen-bond donors (Lipinski definition) is 3. The van der Waals surface area contributed by atoms with Gasteiger partial charge in [-0.1, -0.05) is 24.3 Å². The van der Waals surface area contributed by atoms with Crippen LogP contribution < -0.4 is 16.2 Å². The summed E-state index contributed by atoms with van der Waals surface area (Å²) in [4.78, 5) is 40.1. The first kappa shape index (κ1) is 23.3. The van der Waals surface area contributed by atoms with Gasteiger partial charge in [-0.2, -0.15) is 13.2 Å². The van der Waals surface area contributed by atoms with Crippen molar-refractivity contribution in [3.63, 3.8) is 0 Å². The van der Waals surface area contributed by atoms with Crippen molar-refractivity contribution in [2.45, 2.75) is 6.18 Å². The summed E-state index contributed by atoms with van der Waals surface area (Å²) in [5.41, 5.74) is 3.68. The number of anilines is 2. The molecule has 2 amide bonds. The molecule has 3 rings (SSSR count). The monoisotopic (exact) mass is 458 g/mol. The van der Waals surface area contributed by atoms with Crippen LogP contribution in [-0.2, 0) is 15.7 Å². The summed E-state index contributed by atoms with van der Waals surface area (Å²) in [5.74, 6) is -2.36. The first-order valence-corrected chi connectivity index (χ1v) is 9.44. The van der Waals surface area contributed by atoms with E-state index in [4.69, 9.17) is 4.74 Å². The number of carbonyl (C=O) groups is 3. The van der Waals surface area contributed by atoms with E-state index in [9.17, 15) is 27.6 Å². The molecule has 0 radical (unpaired) electrons. The van der Waals surface area contributed by atoms with Gasteiger partial charge in [-0.15, -0.1) is 0 Å². The predicted octanol–water partition coefficient (Wildman–Crippen LogP) is 3.46. The summed E-state index contributed by atoms with van der Waals surface area (Å²) in [7, 11) is 0. The van der Waals surface area contributed by atoms with E-state index in [0.717, 1.165) is 12.1 Å². The Morgan fingerprint density at radius 2 is 1.67 bits per heavy atom. The molecule has 0 atom stereocenters. The molecule has 0 aliphatic carbocycles. The number of amides is 2. The van der Waals surface area contributed by atoms with Crippen LogP contribution in [0.4, 0.5) is 24.7 Å². The molecule has 3 N–H and O–H groups in total. The molecule has 0 unspecified atom stereocenters. The van der Waals surface area contributed by atoms with Gasteiger partial charge >= 0.3 is 12.1 Å². The number of alkyl halides is 3. The molecule has 0 saturated carbocycles. The van der Waals surface area contributed by atoms with Gasteiger partial charge in [0.25, 0.3) is 11.8 Å². The lowest BCUT2D eigenvalue weighted by molar-refractivity contribution is -0.137. The lowest BCUT2D eigenvalue weighted by Gasteiger charge is -2.13. The highest BCUT2D eigenvalue weighted by Gasteiger charge is 2.30. The summed E-state index contributed by atoms with van der Waals surface area (Å²) < 4.78 is 43.7. The van der Waals surface area contributed by atoms with Crippen molar-refractivity contribution in [3.05, 3.63) is 89.6 Å². The second-order valence-electron chi connectivity index (χ2n) is 6.55. The van der Waals surface area contributed by atoms with Gasteiger partial charge in [0.15, 0.2) is 6.61 Å². The highest BCUT2D eigenvalue weighted by atomic mass is 19.4. The quantitative estimate of drug-likeness (QED) is 0.386. The molecule has 0 fully saturated rings. The van der Waals surface area contributed by atoms with Gasteiger partial charge in [-0.25, -0.2) is 9.78 Å². The molecule has 1 aromatic heterocycles. The number of pyridine rings is 1. The van der Waals surface area contributed by atoms with E-state index < -0.39 is 36.1 Å². The summed E-state index contributed by atoms with van der Waals surface area (Å²) in [6.45, 7) is -0.716. The summed E-state index contributed by atoms with van der Waals surface area (Å²) in [6.07, 6.45) is -3.20. The van der Waals surface area contributed by atoms with Crippen LogP contribution in [0.5, 0.6) is 0 Å². The van der Waals surface area contributed by atoms with Gasteiger partial charge in [0.05, 0.1) is 5.56 Å². The number of benzene rings is 2. The topological polar surface area (TPSA) is 109 Å². The number of hydrogen-bond acceptors (Lipinski definition) is 6. The minimum atomic E-state index is -4.53. The van der Waals surface area contributed by atoms with Crippen LogP contribution in [0.15, 0.2) is 72.9 Å². The van der Waals surface area contributed by atoms with Crippen molar-refractivity contribution < 1.29 is 32.3 Å². The summed E-state index contributed by atoms with van der Waals surface area (Å²) >= 11 is 0. The van der Waals surface area contributed by atoms with Crippen molar-refractivity contribution >= 4 is 29.3 Å². The molecule has 170 valence electrons. The van der Waals surface area contributed by atoms with E-state index in [-0.39, 0.29) is 17.1 Å². The number of halogens is 3. The second-order valence-corrected chi connectivity index (χ2v) is 6.55. The zero-order chi connectivity index (χ0) is 23.8. The number of nitrogens with one attached hydrogen (secondary N) is 3. The average Bonchev–Trinajstić information content (AvgIpc) is 2.81. The van der Waals surface area contributed by atoms with Gasteiger partial charge < -0.3 is 10.1 Å². The van der Waals surface area contributed by atoms with Crippen molar-refractivity contribution in [3.8, 4) is 0 Å². The van der Waals surface area contributed by atoms with Gasteiger partial charge in [-0.3, -0.25) is 20.4 Å². The standard InChI is InChI=1S/C22H17F3N4O4/c23-22(24,25)15-8-4-9-16(12-15)27-19-17(10-5-11-26-19)21(32)33-13-18(30)28-29-20(31)14-6-2-1-3-7-14/h1-12H,13H2,(H,26,27)(H,28,30)(H,29,31). The van der Waals surface area contributed by atoms with E-state index >= 15 is 0 Å². The third-order valence-corrected chi connectivity index (χ3v) is 4.17. The van der Waals surface area contributed by atoms with E-state index in [1.807, 2.05) is 0 Å². The average molecular weight is 458 g/mol. The SMILES string of the molecule is O=C(COC(=O)c1cccnc1Nc1cccc(C(F)(F)F)c1)NNC(=O)c1ccccc1. The fourth-order valence-corrected chi connectivity index (χ4v) is 2.61. The largest absolute Gasteiger partial charge is 0.452 e. The lowest BCUT2D eigenvalue weighted by Crippen LogP contribution is -2.43. The highest BCUT2D eigenvalue weighted by Crippen LogP contribution is 2.31. The van der Waals surface area contributed by atoms with E-state index in [0.29, 0.717) is 5.56 Å². The molecule has 0 spiro atoms. The molecular weight excluding hydrogens is 441 g/mol. The van der Waals surface area contributed by atoms with Crippen LogP contribution in [-0.4, -0.2) is 29.4 Å². The Hall–Kier alpha value is -4.41. The fourth-order valence-electron chi connectivity index (χ4n) is 2.61. The van der Waals surface area contributed by atoms with Gasteiger partial charge in [0.2, 0.25) is 0 Å². The zero-order valence-electron chi connectivity index (χ0n) is 16.8. The third-order valence-electron chi connectivity index (χ3n) is 4.17. The molecule has 1 heterocycles. The highest BCUT2D eigenvalue weighted by molar-refractivity contribution is 5.97. The van der Waals surface area contributed by atoms with E-state index in [2.05, 4.69) is 21.2 Å². The molecule has 8 nitrogen and oxygen atoms in total. The van der Waals surface area contributed by atoms with Crippen LogP contribution in [0.3, 0.4) is 0 Å². The first-order chi connectivity index (χ1) is 15.7. The Labute approximate surface area is 185 Å². The zero-order valence-corrected chi connectivity index (χ0v) is 16.8. The maximum Gasteiger partial charge on any atom is 0.416 e. The smallest absolute Gasteiger partial charge is 0.416 e. The maximum absolute atomic E-state index is 12.9. The number of aromatic nitrogens is 1. The molecule has 0 bridgehead atoms. The second kappa shape index (κ2) is 10.3. The normalized spacial score (nSPS) is 10.8. The molecule has 2 aromatic carbocycles. The molecule has 0 saturated heterocycles. The van der Waals surface area contributed by atoms with Crippen LogP contribution in [0, 0.1) is 0 Å². The minimum absolute atomic E-state index is 0.0546. The van der Waals surface area contributed by atoms with Crippen LogP contribution in [0.25, 0.3) is 0 Å². The van der Waals surface area contributed by atoms with Gasteiger partial charge in [-0.05, 0) is 42.5 Å². The molecule has 3 aromatic rings. The number of esters is 1.